The van der Waals surface area contributed by atoms with E-state index < -0.39 is 28.9 Å². The molecule has 1 saturated heterocycles. The highest BCUT2D eigenvalue weighted by molar-refractivity contribution is 6.17. The lowest BCUT2D eigenvalue weighted by molar-refractivity contribution is -0.123. The molecule has 5 nitrogen and oxygen atoms in total. The molecule has 0 saturated carbocycles. The summed E-state index contributed by atoms with van der Waals surface area (Å²) in [5, 5.41) is 10.7. The molecular weight excluding hydrogens is 395 g/mol. The van der Waals surface area contributed by atoms with Gasteiger partial charge in [0.15, 0.2) is 11.5 Å². The van der Waals surface area contributed by atoms with Gasteiger partial charge in [-0.15, -0.1) is 0 Å². The predicted molar refractivity (Wildman–Crippen MR) is 119 cm³/mol. The molecule has 1 unspecified atom stereocenters. The number of carbonyl (C=O) groups is 2. The molecule has 6 heteroatoms. The second-order valence-corrected chi connectivity index (χ2v) is 9.15. The summed E-state index contributed by atoms with van der Waals surface area (Å²) in [6, 6.07) is 12.5. The number of aliphatic hydroxyl groups is 1. The van der Waals surface area contributed by atoms with Crippen LogP contribution in [0.4, 0.5) is 15.8 Å². The highest BCUT2D eigenvalue weighted by atomic mass is 19.1. The summed E-state index contributed by atoms with van der Waals surface area (Å²) in [4.78, 5) is 29.9. The van der Waals surface area contributed by atoms with Gasteiger partial charge in [0.05, 0.1) is 11.6 Å². The maximum absolute atomic E-state index is 14.8. The summed E-state index contributed by atoms with van der Waals surface area (Å²) in [5.41, 5.74) is 0.827. The SMILES string of the molecule is CC(C)(C)C(=O)C1=C(O)C(=O)N(c2ccc(N3CCCC3)cc2)C1c1ccccc1F. The molecule has 0 bridgehead atoms. The summed E-state index contributed by atoms with van der Waals surface area (Å²) in [6.45, 7) is 7.13. The van der Waals surface area contributed by atoms with Gasteiger partial charge in [-0.25, -0.2) is 4.39 Å². The molecule has 0 aromatic heterocycles. The minimum atomic E-state index is -1.03. The molecule has 4 rings (SSSR count). The van der Waals surface area contributed by atoms with Gasteiger partial charge in [0.25, 0.3) is 5.91 Å². The number of Topliss-reactive ketones (excluding diaryl/α,β-unsaturated/α-hetero) is 1. The van der Waals surface area contributed by atoms with E-state index in [-0.39, 0.29) is 16.9 Å². The average molecular weight is 423 g/mol. The topological polar surface area (TPSA) is 60.9 Å². The summed E-state index contributed by atoms with van der Waals surface area (Å²) < 4.78 is 14.8. The van der Waals surface area contributed by atoms with Crippen LogP contribution in [0.1, 0.15) is 45.2 Å². The minimum absolute atomic E-state index is 0.0637. The normalized spacial score (nSPS) is 19.5. The first kappa shape index (κ1) is 21.1. The van der Waals surface area contributed by atoms with Gasteiger partial charge in [0.1, 0.15) is 5.82 Å². The third-order valence-corrected chi connectivity index (χ3v) is 5.93. The lowest BCUT2D eigenvalue weighted by atomic mass is 9.82. The summed E-state index contributed by atoms with van der Waals surface area (Å²) in [6.07, 6.45) is 2.30. The van der Waals surface area contributed by atoms with Crippen LogP contribution in [0.15, 0.2) is 59.9 Å². The van der Waals surface area contributed by atoms with Crippen LogP contribution in [0, 0.1) is 11.2 Å². The quantitative estimate of drug-likeness (QED) is 0.758. The number of anilines is 2. The van der Waals surface area contributed by atoms with Crippen LogP contribution in [-0.2, 0) is 9.59 Å². The van der Waals surface area contributed by atoms with Gasteiger partial charge in [0, 0.05) is 35.4 Å². The first-order valence-electron chi connectivity index (χ1n) is 10.6. The number of hydrogen-bond donors (Lipinski definition) is 1. The third-order valence-electron chi connectivity index (χ3n) is 5.93. The van der Waals surface area contributed by atoms with Crippen molar-refractivity contribution in [3.63, 3.8) is 0 Å². The fraction of sp³-hybridized carbons (Fsp3) is 0.360. The monoisotopic (exact) mass is 422 g/mol. The number of nitrogens with zero attached hydrogens (tertiary/aromatic N) is 2. The minimum Gasteiger partial charge on any atom is -0.503 e. The van der Waals surface area contributed by atoms with Crippen LogP contribution in [0.5, 0.6) is 0 Å². The Hall–Kier alpha value is -3.15. The molecule has 0 radical (unpaired) electrons. The van der Waals surface area contributed by atoms with E-state index in [4.69, 9.17) is 0 Å². The van der Waals surface area contributed by atoms with E-state index in [0.717, 1.165) is 31.6 Å². The third kappa shape index (κ3) is 3.71. The van der Waals surface area contributed by atoms with Crippen LogP contribution >= 0.6 is 0 Å². The van der Waals surface area contributed by atoms with Crippen molar-refractivity contribution in [2.75, 3.05) is 22.9 Å². The molecule has 1 amide bonds. The molecule has 2 aromatic carbocycles. The van der Waals surface area contributed by atoms with Crippen molar-refractivity contribution in [3.8, 4) is 0 Å². The van der Waals surface area contributed by atoms with E-state index in [1.807, 2.05) is 12.1 Å². The summed E-state index contributed by atoms with van der Waals surface area (Å²) in [7, 11) is 0. The Morgan fingerprint density at radius 2 is 1.58 bits per heavy atom. The van der Waals surface area contributed by atoms with Gasteiger partial charge in [-0.1, -0.05) is 39.0 Å². The molecular formula is C25H27FN2O3. The largest absolute Gasteiger partial charge is 0.503 e. The molecule has 2 aliphatic heterocycles. The van der Waals surface area contributed by atoms with Crippen molar-refractivity contribution >= 4 is 23.1 Å². The number of aliphatic hydroxyl groups excluding tert-OH is 1. The van der Waals surface area contributed by atoms with Gasteiger partial charge < -0.3 is 10.0 Å². The fourth-order valence-electron chi connectivity index (χ4n) is 4.30. The Morgan fingerprint density at radius 3 is 2.16 bits per heavy atom. The molecule has 1 N–H and O–H groups in total. The molecule has 162 valence electrons. The van der Waals surface area contributed by atoms with Gasteiger partial charge in [0.2, 0.25) is 0 Å². The second kappa shape index (κ2) is 7.84. The molecule has 2 aliphatic rings. The number of ketones is 1. The van der Waals surface area contributed by atoms with Crippen LogP contribution in [0.25, 0.3) is 0 Å². The predicted octanol–water partition coefficient (Wildman–Crippen LogP) is 4.94. The van der Waals surface area contributed by atoms with Crippen molar-refractivity contribution in [2.45, 2.75) is 39.7 Å². The molecule has 1 fully saturated rings. The Labute approximate surface area is 181 Å². The van der Waals surface area contributed by atoms with E-state index >= 15 is 0 Å². The lowest BCUT2D eigenvalue weighted by Crippen LogP contribution is -2.33. The van der Waals surface area contributed by atoms with E-state index in [2.05, 4.69) is 4.90 Å². The number of rotatable bonds is 4. The maximum Gasteiger partial charge on any atom is 0.294 e. The number of halogens is 1. The second-order valence-electron chi connectivity index (χ2n) is 9.15. The number of amides is 1. The standard InChI is InChI=1S/C25H27FN2O3/c1-25(2,3)23(30)20-21(18-8-4-5-9-19(18)26)28(24(31)22(20)29)17-12-10-16(11-13-17)27-14-6-7-15-27/h4-5,8-13,21,29H,6-7,14-15H2,1-3H3. The Bertz CT molecular complexity index is 1050. The van der Waals surface area contributed by atoms with Crippen LogP contribution < -0.4 is 9.80 Å². The van der Waals surface area contributed by atoms with Crippen molar-refractivity contribution in [3.05, 3.63) is 71.2 Å². The Kier molecular flexibility index (Phi) is 5.33. The Balaban J connectivity index is 1.80. The highest BCUT2D eigenvalue weighted by Crippen LogP contribution is 2.44. The molecule has 2 aromatic rings. The van der Waals surface area contributed by atoms with Gasteiger partial charge in [-0.3, -0.25) is 14.5 Å². The zero-order valence-electron chi connectivity index (χ0n) is 18.1. The van der Waals surface area contributed by atoms with Crippen molar-refractivity contribution < 1.29 is 19.1 Å². The number of benzene rings is 2. The van der Waals surface area contributed by atoms with Crippen LogP contribution in [0.3, 0.4) is 0 Å². The zero-order valence-corrected chi connectivity index (χ0v) is 18.1. The molecule has 0 spiro atoms. The van der Waals surface area contributed by atoms with E-state index in [1.165, 1.54) is 11.0 Å². The summed E-state index contributed by atoms with van der Waals surface area (Å²) in [5.74, 6) is -2.23. The van der Waals surface area contributed by atoms with Gasteiger partial charge in [-0.05, 0) is 43.2 Å². The van der Waals surface area contributed by atoms with Gasteiger partial charge >= 0.3 is 0 Å². The summed E-state index contributed by atoms with van der Waals surface area (Å²) >= 11 is 0. The van der Waals surface area contributed by atoms with Crippen LogP contribution in [-0.4, -0.2) is 29.9 Å². The molecule has 2 heterocycles. The smallest absolute Gasteiger partial charge is 0.294 e. The molecule has 31 heavy (non-hydrogen) atoms. The van der Waals surface area contributed by atoms with E-state index in [1.54, 1.807) is 51.1 Å². The first-order valence-corrected chi connectivity index (χ1v) is 10.6. The fourth-order valence-corrected chi connectivity index (χ4v) is 4.30. The Morgan fingerprint density at radius 1 is 1.00 bits per heavy atom. The van der Waals surface area contributed by atoms with E-state index in [9.17, 15) is 19.1 Å². The van der Waals surface area contributed by atoms with Crippen molar-refractivity contribution in [2.24, 2.45) is 5.41 Å². The average Bonchev–Trinajstić information content (AvgIpc) is 3.35. The molecule has 1 atom stereocenters. The molecule has 0 aliphatic carbocycles. The van der Waals surface area contributed by atoms with Crippen LogP contribution in [0.2, 0.25) is 0 Å². The van der Waals surface area contributed by atoms with E-state index in [0.29, 0.717) is 5.69 Å². The lowest BCUT2D eigenvalue weighted by Gasteiger charge is -2.29. The number of hydrogen-bond acceptors (Lipinski definition) is 4. The highest BCUT2D eigenvalue weighted by Gasteiger charge is 2.47. The first-order chi connectivity index (χ1) is 14.7. The van der Waals surface area contributed by atoms with Gasteiger partial charge in [-0.2, -0.15) is 0 Å². The number of carbonyl (C=O) groups excluding carboxylic acids is 2. The maximum atomic E-state index is 14.8. The zero-order chi connectivity index (χ0) is 22.3. The van der Waals surface area contributed by atoms with Crippen molar-refractivity contribution in [1.82, 2.24) is 0 Å². The van der Waals surface area contributed by atoms with Crippen molar-refractivity contribution in [1.29, 1.82) is 0 Å².